The number of aromatic hydroxyl groups is 1. The second kappa shape index (κ2) is 28.0. The van der Waals surface area contributed by atoms with Crippen LogP contribution in [0, 0.1) is 0 Å². The second-order valence-corrected chi connectivity index (χ2v) is 27.8. The molecule has 10 unspecified atom stereocenters. The SMILES string of the molecule is C=C(NC(=O)c1csc(-c2nc3c(cc2O)-c2nc(cs2)C(=O)NC(C(C)O)C(=O)N/C(=C(/C)OC)c2nc(cs2)C(=O)NC2c4nc(cs4)C(=O)NC(COC(=O)c4c5c6c(cccc6n4OC)COC(=O)C(OC4CC(C)(O)C(N(C)C)C(C)O4)C2OC5)c2nc-3cs2)n1)C(N)=O. The highest BCUT2D eigenvalue weighted by molar-refractivity contribution is 7.14. The number of ether oxygens (including phenoxy) is 6. The van der Waals surface area contributed by atoms with Gasteiger partial charge in [-0.05, 0) is 59.5 Å². The van der Waals surface area contributed by atoms with Gasteiger partial charge in [-0.3, -0.25) is 28.8 Å². The number of nitrogens with zero attached hydrogens (tertiary/aromatic N) is 8. The first-order chi connectivity index (χ1) is 47.2. The Morgan fingerprint density at radius 3 is 2.22 bits per heavy atom. The normalized spacial score (nSPS) is 23.9. The quantitative estimate of drug-likeness (QED) is 0.0535. The zero-order valence-corrected chi connectivity index (χ0v) is 57.7. The number of allylic oxidation sites excluding steroid dienone is 1. The molecular formula is C62H62N14O18S5. The van der Waals surface area contributed by atoms with Crippen molar-refractivity contribution in [2.75, 3.05) is 34.9 Å². The van der Waals surface area contributed by atoms with Gasteiger partial charge in [-0.15, -0.1) is 56.7 Å². The molecule has 7 aromatic heterocycles. The van der Waals surface area contributed by atoms with Crippen LogP contribution < -0.4 is 37.2 Å². The molecule has 11 heterocycles. The Kier molecular flexibility index (Phi) is 19.6. The second-order valence-electron chi connectivity index (χ2n) is 23.5. The molecule has 0 radical (unpaired) electrons. The first-order valence-electron chi connectivity index (χ1n) is 30.1. The molecule has 1 fully saturated rings. The van der Waals surface area contributed by atoms with Crippen molar-refractivity contribution in [2.24, 2.45) is 5.73 Å². The molecule has 0 saturated carbocycles. The van der Waals surface area contributed by atoms with E-state index in [9.17, 15) is 34.5 Å². The standard InChI is InChI=1S/C62H62N14O18S5/c1-23(49(63)79)64-50(80)32-20-98-58(69-32)43-37(78)13-28-42(71-43)31-18-96-56(66-31)30-17-92-60(85)45-29-16-90-46(47(94-38-14-62(5,87)48(75(6)7)26(4)93-38)61(86)91-15-27-11-10-12-36(39(27)29)76(45)89-9)44(59-70-33(21-99-59)51(81)65-30)74-53(83)35-22-97-57(68-35)41(25(3)88-8)73-54(84)40(24(2)77)72-52(82)34-19-95-55(28)67-34/h10-13,18-22,24,26,30,38,40,44,46-48,77-78,87H,1,14-17H2,2-9H3,(H2,63,79)(H,64,80)(H,65,81)(H,72,82)(H,73,84)(H,74,83)/b41-25-. The van der Waals surface area contributed by atoms with Crippen molar-refractivity contribution in [2.45, 2.75) is 108 Å². The number of likely N-dealkylation sites (N-methyl/N-ethyl adjacent to an activating group) is 1. The number of hydrogen-bond acceptors (Lipinski definition) is 30. The van der Waals surface area contributed by atoms with Crippen molar-refractivity contribution >= 4 is 121 Å². The maximum absolute atomic E-state index is 15.3. The predicted molar refractivity (Wildman–Crippen MR) is 355 cm³/mol. The average molecular weight is 1450 g/mol. The van der Waals surface area contributed by atoms with Gasteiger partial charge in [0.1, 0.15) is 127 Å². The summed E-state index contributed by atoms with van der Waals surface area (Å²) < 4.78 is 39.2. The number of nitrogens with one attached hydrogen (secondary N) is 5. The molecule has 37 heteroatoms. The third-order valence-electron chi connectivity index (χ3n) is 16.5. The van der Waals surface area contributed by atoms with Crippen LogP contribution >= 0.6 is 56.7 Å². The number of aliphatic hydroxyl groups is 2. The minimum Gasteiger partial charge on any atom is -0.506 e. The lowest BCUT2D eigenvalue weighted by molar-refractivity contribution is -0.280. The molecule has 518 valence electrons. The van der Waals surface area contributed by atoms with Crippen LogP contribution in [-0.4, -0.2) is 186 Å². The van der Waals surface area contributed by atoms with Crippen molar-refractivity contribution in [1.29, 1.82) is 0 Å². The van der Waals surface area contributed by atoms with Crippen molar-refractivity contribution in [1.82, 2.24) is 66.1 Å². The minimum atomic E-state index is -1.89. The topological polar surface area (TPSA) is 434 Å². The van der Waals surface area contributed by atoms with E-state index in [0.29, 0.717) is 16.5 Å². The number of hydrogen-bond donors (Lipinski definition) is 9. The van der Waals surface area contributed by atoms with E-state index in [-0.39, 0.29) is 99.6 Å². The van der Waals surface area contributed by atoms with Crippen molar-refractivity contribution < 1.29 is 86.9 Å². The van der Waals surface area contributed by atoms with Gasteiger partial charge in [-0.1, -0.05) is 18.7 Å². The number of pyridine rings is 1. The van der Waals surface area contributed by atoms with Gasteiger partial charge in [-0.2, -0.15) is 4.73 Å². The number of nitrogens with two attached hydrogens (primary N) is 1. The van der Waals surface area contributed by atoms with Crippen molar-refractivity contribution in [3.63, 3.8) is 0 Å². The molecule has 0 spiro atoms. The Bertz CT molecular complexity index is 4620. The van der Waals surface area contributed by atoms with Crippen LogP contribution in [0.1, 0.15) is 125 Å². The number of primary amides is 1. The summed E-state index contributed by atoms with van der Waals surface area (Å²) in [6.45, 7) is 7.94. The van der Waals surface area contributed by atoms with Crippen LogP contribution in [0.5, 0.6) is 5.75 Å². The van der Waals surface area contributed by atoms with E-state index in [1.54, 1.807) is 56.4 Å². The molecule has 0 aliphatic carbocycles. The monoisotopic (exact) mass is 1450 g/mol. The molecule has 12 bridgehead atoms. The van der Waals surface area contributed by atoms with Crippen molar-refractivity contribution in [3.05, 3.63) is 124 Å². The number of fused-ring (bicyclic) bond motifs is 15. The molecule has 6 amide bonds. The Morgan fingerprint density at radius 2 is 1.52 bits per heavy atom. The lowest BCUT2D eigenvalue weighted by Crippen LogP contribution is -2.62. The summed E-state index contributed by atoms with van der Waals surface area (Å²) in [6, 6.07) is 1.06. The van der Waals surface area contributed by atoms with Crippen LogP contribution in [0.2, 0.25) is 0 Å². The van der Waals surface area contributed by atoms with Gasteiger partial charge in [-0.25, -0.2) is 39.5 Å². The summed E-state index contributed by atoms with van der Waals surface area (Å²) in [5.41, 5.74) is 2.91. The lowest BCUT2D eigenvalue weighted by Gasteiger charge is -2.48. The summed E-state index contributed by atoms with van der Waals surface area (Å²) in [4.78, 5) is 150. The number of thiazole rings is 5. The van der Waals surface area contributed by atoms with Crippen LogP contribution in [-0.2, 0) is 56.0 Å². The fraction of sp³-hybridized carbons (Fsp3) is 0.355. The smallest absolute Gasteiger partial charge is 0.358 e. The largest absolute Gasteiger partial charge is 0.506 e. The molecule has 99 heavy (non-hydrogen) atoms. The van der Waals surface area contributed by atoms with Gasteiger partial charge in [0.15, 0.2) is 18.1 Å². The number of methoxy groups -OCH3 is 1. The van der Waals surface area contributed by atoms with E-state index in [1.807, 2.05) is 0 Å². The number of rotatable bonds is 10. The summed E-state index contributed by atoms with van der Waals surface area (Å²) >= 11 is 4.55. The highest BCUT2D eigenvalue weighted by atomic mass is 32.1. The van der Waals surface area contributed by atoms with Gasteiger partial charge in [0.05, 0.1) is 48.8 Å². The molecule has 8 aromatic rings. The Morgan fingerprint density at radius 1 is 0.848 bits per heavy atom. The Hall–Kier alpha value is -9.54. The van der Waals surface area contributed by atoms with E-state index in [2.05, 4.69) is 48.1 Å². The number of carbonyl (C=O) groups excluding carboxylic acids is 8. The number of aromatic nitrogens is 7. The van der Waals surface area contributed by atoms with E-state index >= 15 is 19.2 Å². The maximum Gasteiger partial charge on any atom is 0.358 e. The average Bonchev–Trinajstić information content (AvgIpc) is 1.68. The van der Waals surface area contributed by atoms with Gasteiger partial charge in [0.25, 0.3) is 29.5 Å². The highest BCUT2D eigenvalue weighted by Gasteiger charge is 2.50. The Labute approximate surface area is 581 Å². The molecule has 1 aromatic carbocycles. The minimum absolute atomic E-state index is 0.00134. The molecule has 10 N–H and O–H groups in total. The summed E-state index contributed by atoms with van der Waals surface area (Å²) in [6.07, 6.45) is -7.43. The lowest BCUT2D eigenvalue weighted by atomic mass is 9.85. The first kappa shape index (κ1) is 69.4. The number of esters is 2. The van der Waals surface area contributed by atoms with Crippen LogP contribution in [0.15, 0.2) is 69.2 Å². The third-order valence-corrected chi connectivity index (χ3v) is 21.0. The molecule has 32 nitrogen and oxygen atoms in total. The van der Waals surface area contributed by atoms with Gasteiger partial charge >= 0.3 is 11.9 Å². The summed E-state index contributed by atoms with van der Waals surface area (Å²) in [7, 11) is 6.18. The number of aliphatic hydroxyl groups excluding tert-OH is 1. The molecule has 4 aliphatic heterocycles. The maximum atomic E-state index is 15.3. The van der Waals surface area contributed by atoms with Gasteiger partial charge in [0, 0.05) is 49.8 Å². The van der Waals surface area contributed by atoms with E-state index in [4.69, 9.17) is 53.9 Å². The van der Waals surface area contributed by atoms with Gasteiger partial charge in [0.2, 0.25) is 5.91 Å². The van der Waals surface area contributed by atoms with Gasteiger partial charge < -0.3 is 85.8 Å². The third kappa shape index (κ3) is 13.7. The number of cyclic esters (lactones) is 2. The molecule has 12 rings (SSSR count). The summed E-state index contributed by atoms with van der Waals surface area (Å²) in [5, 5.41) is 55.7. The molecule has 10 atom stereocenters. The molecule has 4 aliphatic rings. The highest BCUT2D eigenvalue weighted by Crippen LogP contribution is 2.43. The number of amides is 6. The molecule has 1 saturated heterocycles. The number of carbonyl (C=O) groups is 8. The van der Waals surface area contributed by atoms with Crippen LogP contribution in [0.4, 0.5) is 0 Å². The van der Waals surface area contributed by atoms with E-state index < -0.39 is 139 Å². The summed E-state index contributed by atoms with van der Waals surface area (Å²) in [5.74, 6) is -8.00. The predicted octanol–water partition coefficient (Wildman–Crippen LogP) is 3.71. The van der Waals surface area contributed by atoms with E-state index in [1.165, 1.54) is 60.4 Å². The van der Waals surface area contributed by atoms with E-state index in [0.717, 1.165) is 56.7 Å². The zero-order valence-electron chi connectivity index (χ0n) is 53.6. The first-order valence-corrected chi connectivity index (χ1v) is 34.5. The molecular weight excluding hydrogens is 1390 g/mol. The fourth-order valence-corrected chi connectivity index (χ4v) is 16.1. The fourth-order valence-electron chi connectivity index (χ4n) is 11.9. The number of benzene rings is 1. The van der Waals surface area contributed by atoms with Crippen LogP contribution in [0.3, 0.4) is 0 Å². The Balaban J connectivity index is 1.05. The van der Waals surface area contributed by atoms with Crippen molar-refractivity contribution in [3.8, 4) is 38.4 Å². The zero-order chi connectivity index (χ0) is 70.6. The van der Waals surface area contributed by atoms with Crippen LogP contribution in [0.25, 0.3) is 49.3 Å².